The largest absolute Gasteiger partial charge is 0.507 e. The van der Waals surface area contributed by atoms with Crippen LogP contribution in [0.25, 0.3) is 22.1 Å². The Bertz CT molecular complexity index is 1150. The fourth-order valence-corrected chi connectivity index (χ4v) is 3.54. The van der Waals surface area contributed by atoms with Crippen LogP contribution in [0.15, 0.2) is 51.9 Å². The molecule has 0 bridgehead atoms. The molecule has 5 N–H and O–H groups in total. The van der Waals surface area contributed by atoms with E-state index in [1.54, 1.807) is 24.3 Å². The topological polar surface area (TPSA) is 159 Å². The normalized spacial score (nSPS) is 25.6. The molecule has 0 unspecified atom stereocenters. The Morgan fingerprint density at radius 2 is 1.72 bits per heavy atom. The molecule has 1 aromatic heterocycles. The van der Waals surface area contributed by atoms with E-state index in [4.69, 9.17) is 18.6 Å². The number of ether oxygens (including phenoxy) is 3. The van der Waals surface area contributed by atoms with Crippen LogP contribution >= 0.6 is 0 Å². The smallest absolute Gasteiger partial charge is 0.229 e. The van der Waals surface area contributed by atoms with E-state index in [1.165, 1.54) is 19.4 Å². The lowest BCUT2D eigenvalue weighted by molar-refractivity contribution is -0.277. The van der Waals surface area contributed by atoms with Gasteiger partial charge in [0.15, 0.2) is 0 Å². The minimum Gasteiger partial charge on any atom is -0.507 e. The van der Waals surface area contributed by atoms with Gasteiger partial charge in [-0.2, -0.15) is 0 Å². The van der Waals surface area contributed by atoms with Gasteiger partial charge in [0.1, 0.15) is 58.9 Å². The van der Waals surface area contributed by atoms with Gasteiger partial charge in [0.2, 0.25) is 11.7 Å². The van der Waals surface area contributed by atoms with Crippen molar-refractivity contribution in [3.8, 4) is 28.4 Å². The zero-order valence-corrected chi connectivity index (χ0v) is 16.9. The fraction of sp³-hybridized carbons (Fsp3) is 0.318. The molecule has 1 saturated heterocycles. The van der Waals surface area contributed by atoms with Gasteiger partial charge < -0.3 is 44.2 Å². The predicted molar refractivity (Wildman–Crippen MR) is 111 cm³/mol. The second-order valence-corrected chi connectivity index (χ2v) is 7.34. The molecule has 0 saturated carbocycles. The van der Waals surface area contributed by atoms with E-state index in [1.807, 2.05) is 0 Å². The number of fused-ring (bicyclic) bond motifs is 1. The molecule has 1 aliphatic heterocycles. The van der Waals surface area contributed by atoms with Gasteiger partial charge in [-0.1, -0.05) is 12.1 Å². The summed E-state index contributed by atoms with van der Waals surface area (Å²) in [6.45, 7) is -0.614. The minimum atomic E-state index is -1.63. The molecule has 4 rings (SSSR count). The molecule has 0 amide bonds. The fourth-order valence-electron chi connectivity index (χ4n) is 3.54. The number of phenolic OH excluding ortho intramolecular Hbond substituents is 1. The molecular weight excluding hydrogens is 424 g/mol. The highest BCUT2D eigenvalue weighted by atomic mass is 16.7. The van der Waals surface area contributed by atoms with Crippen LogP contribution < -0.4 is 14.9 Å². The molecule has 32 heavy (non-hydrogen) atoms. The summed E-state index contributed by atoms with van der Waals surface area (Å²) in [6, 6.07) is 9.20. The maximum atomic E-state index is 13.0. The van der Waals surface area contributed by atoms with Crippen molar-refractivity contribution in [1.29, 1.82) is 0 Å². The van der Waals surface area contributed by atoms with Crippen LogP contribution in [0.1, 0.15) is 0 Å². The Morgan fingerprint density at radius 1 is 1.00 bits per heavy atom. The standard InChI is InChI=1S/C22H22O10/c1-29-11-4-2-10(3-5-11)13-9-30-15-7-12(6-14(24)17(15)18(13)25)31-22-21(28)20(27)19(26)16(8-23)32-22/h2-7,9,16,19-24,26-28H,8H2,1H3/t16-,19-,20+,21-,22+/m0/s1. The van der Waals surface area contributed by atoms with Gasteiger partial charge >= 0.3 is 0 Å². The average molecular weight is 446 g/mol. The van der Waals surface area contributed by atoms with Gasteiger partial charge in [0, 0.05) is 12.1 Å². The van der Waals surface area contributed by atoms with Crippen LogP contribution in [0.3, 0.4) is 0 Å². The van der Waals surface area contributed by atoms with Crippen LogP contribution in [0.2, 0.25) is 0 Å². The summed E-state index contributed by atoms with van der Waals surface area (Å²) in [5, 5.41) is 49.6. The van der Waals surface area contributed by atoms with E-state index < -0.39 is 48.5 Å². The summed E-state index contributed by atoms with van der Waals surface area (Å²) < 4.78 is 21.4. The number of rotatable bonds is 5. The van der Waals surface area contributed by atoms with Crippen molar-refractivity contribution in [2.45, 2.75) is 30.7 Å². The van der Waals surface area contributed by atoms with E-state index >= 15 is 0 Å². The first kappa shape index (κ1) is 22.1. The second-order valence-electron chi connectivity index (χ2n) is 7.34. The van der Waals surface area contributed by atoms with Crippen molar-refractivity contribution < 1.29 is 44.2 Å². The summed E-state index contributed by atoms with van der Waals surface area (Å²) in [6.07, 6.45) is -6.14. The third-order valence-electron chi connectivity index (χ3n) is 5.33. The molecule has 170 valence electrons. The van der Waals surface area contributed by atoms with E-state index in [0.717, 1.165) is 6.07 Å². The van der Waals surface area contributed by atoms with Crippen LogP contribution in [-0.2, 0) is 4.74 Å². The van der Waals surface area contributed by atoms with E-state index in [-0.39, 0.29) is 22.3 Å². The number of hydrogen-bond acceptors (Lipinski definition) is 10. The van der Waals surface area contributed by atoms with Crippen molar-refractivity contribution in [3.05, 3.63) is 52.9 Å². The van der Waals surface area contributed by atoms with Crippen molar-refractivity contribution in [1.82, 2.24) is 0 Å². The first-order valence-electron chi connectivity index (χ1n) is 9.74. The average Bonchev–Trinajstić information content (AvgIpc) is 2.79. The molecule has 2 heterocycles. The molecular formula is C22H22O10. The Balaban J connectivity index is 1.66. The third kappa shape index (κ3) is 3.90. The van der Waals surface area contributed by atoms with Crippen molar-refractivity contribution >= 4 is 11.0 Å². The molecule has 3 aromatic rings. The molecule has 10 heteroatoms. The van der Waals surface area contributed by atoms with E-state index in [9.17, 15) is 30.3 Å². The lowest BCUT2D eigenvalue weighted by Gasteiger charge is -2.39. The van der Waals surface area contributed by atoms with Crippen LogP contribution in [0, 0.1) is 0 Å². The molecule has 0 radical (unpaired) electrons. The van der Waals surface area contributed by atoms with Crippen molar-refractivity contribution in [2.24, 2.45) is 0 Å². The number of aliphatic hydroxyl groups is 4. The van der Waals surface area contributed by atoms with Gasteiger partial charge in [-0.3, -0.25) is 4.79 Å². The highest BCUT2D eigenvalue weighted by molar-refractivity contribution is 5.88. The first-order valence-corrected chi connectivity index (χ1v) is 9.74. The third-order valence-corrected chi connectivity index (χ3v) is 5.33. The highest BCUT2D eigenvalue weighted by Crippen LogP contribution is 2.32. The number of methoxy groups -OCH3 is 1. The van der Waals surface area contributed by atoms with E-state index in [2.05, 4.69) is 0 Å². The Labute approximate surface area is 181 Å². The lowest BCUT2D eigenvalue weighted by Crippen LogP contribution is -2.60. The van der Waals surface area contributed by atoms with E-state index in [0.29, 0.717) is 11.3 Å². The molecule has 2 aromatic carbocycles. The minimum absolute atomic E-state index is 0.0202. The van der Waals surface area contributed by atoms with Gasteiger partial charge in [-0.15, -0.1) is 0 Å². The quantitative estimate of drug-likeness (QED) is 0.370. The van der Waals surface area contributed by atoms with Crippen LogP contribution in [-0.4, -0.2) is 70.0 Å². The van der Waals surface area contributed by atoms with Gasteiger partial charge in [-0.25, -0.2) is 0 Å². The number of aliphatic hydroxyl groups excluding tert-OH is 4. The number of hydrogen-bond donors (Lipinski definition) is 5. The Morgan fingerprint density at radius 3 is 2.38 bits per heavy atom. The maximum Gasteiger partial charge on any atom is 0.229 e. The Hall–Kier alpha value is -3.15. The first-order chi connectivity index (χ1) is 15.3. The van der Waals surface area contributed by atoms with Crippen LogP contribution in [0.4, 0.5) is 0 Å². The van der Waals surface area contributed by atoms with Gasteiger partial charge in [0.05, 0.1) is 19.3 Å². The number of benzene rings is 2. The molecule has 10 nitrogen and oxygen atoms in total. The summed E-state index contributed by atoms with van der Waals surface area (Å²) in [7, 11) is 1.53. The monoisotopic (exact) mass is 446 g/mol. The summed E-state index contributed by atoms with van der Waals surface area (Å²) in [5.41, 5.74) is 0.362. The zero-order valence-electron chi connectivity index (χ0n) is 16.9. The summed E-state index contributed by atoms with van der Waals surface area (Å²) in [4.78, 5) is 13.0. The second kappa shape index (κ2) is 8.77. The van der Waals surface area contributed by atoms with Gasteiger partial charge in [-0.05, 0) is 17.7 Å². The summed E-state index contributed by atoms with van der Waals surface area (Å²) in [5.74, 6) is 0.169. The maximum absolute atomic E-state index is 13.0. The van der Waals surface area contributed by atoms with Crippen LogP contribution in [0.5, 0.6) is 17.2 Å². The van der Waals surface area contributed by atoms with Crippen molar-refractivity contribution in [2.75, 3.05) is 13.7 Å². The predicted octanol–water partition coefficient (Wildman–Crippen LogP) is 0.353. The number of phenols is 1. The molecule has 0 spiro atoms. The molecule has 0 aliphatic carbocycles. The molecule has 5 atom stereocenters. The number of aromatic hydroxyl groups is 1. The molecule has 1 aliphatic rings. The SMILES string of the molecule is COc1ccc(-c2coc3cc(O[C@@H]4O[C@@H](CO)[C@H](O)[C@@H](O)[C@@H]4O)cc(O)c3c2=O)cc1. The Kier molecular flexibility index (Phi) is 6.04. The highest BCUT2D eigenvalue weighted by Gasteiger charge is 2.44. The summed E-state index contributed by atoms with van der Waals surface area (Å²) >= 11 is 0. The zero-order chi connectivity index (χ0) is 23.0. The molecule has 1 fully saturated rings. The van der Waals surface area contributed by atoms with Crippen molar-refractivity contribution in [3.63, 3.8) is 0 Å². The van der Waals surface area contributed by atoms with Gasteiger partial charge in [0.25, 0.3) is 0 Å². The lowest BCUT2D eigenvalue weighted by atomic mass is 9.99.